The lowest BCUT2D eigenvalue weighted by Gasteiger charge is -2.13. The fourth-order valence-corrected chi connectivity index (χ4v) is 7.47. The third kappa shape index (κ3) is 4.41. The van der Waals surface area contributed by atoms with Crippen LogP contribution in [0.25, 0.3) is 77.2 Å². The molecule has 3 nitrogen and oxygen atoms in total. The zero-order valence-electron chi connectivity index (χ0n) is 25.4. The van der Waals surface area contributed by atoms with Crippen LogP contribution in [0.1, 0.15) is 5.56 Å². The summed E-state index contributed by atoms with van der Waals surface area (Å²) < 4.78 is 5.78. The van der Waals surface area contributed by atoms with Gasteiger partial charge in [-0.2, -0.15) is 5.26 Å². The Bertz CT molecular complexity index is 2650. The second kappa shape index (κ2) is 10.9. The molecule has 9 aromatic rings. The third-order valence-corrected chi connectivity index (χ3v) is 9.76. The standard InChI is InChI=1S/C43H26N3.Al/c44-28-29-23-33(25-35(24-29)46-40-17-9-7-15-36(40)37-16-8-10-18-41(37)46)32-20-22-43-39(27-32)38-26-31(30-11-3-1-4-12-30)19-21-42(38)45(43)34-13-5-2-6-14-34;/h1-13,15-27H;. The number of fused-ring (bicyclic) bond motifs is 6. The van der Waals surface area contributed by atoms with E-state index >= 15 is 0 Å². The van der Waals surface area contributed by atoms with E-state index in [2.05, 4.69) is 177 Å². The molecule has 2 heterocycles. The van der Waals surface area contributed by atoms with Gasteiger partial charge in [-0.05, 0) is 82.9 Å². The molecule has 0 spiro atoms. The second-order valence-electron chi connectivity index (χ2n) is 12.0. The van der Waals surface area contributed by atoms with Gasteiger partial charge < -0.3 is 9.13 Å². The van der Waals surface area contributed by atoms with Gasteiger partial charge in [0.25, 0.3) is 0 Å². The predicted molar refractivity (Wildman–Crippen MR) is 196 cm³/mol. The van der Waals surface area contributed by atoms with Crippen LogP contribution in [0.4, 0.5) is 0 Å². The SMILES string of the molecule is N#Cc1cc(-c2ccc3c(c2)c2cc(-c4ccccc4)ccc2n3-c2cccc[c]2[Al])cc(-n2c3ccccc3c3ccccc32)c1. The van der Waals surface area contributed by atoms with Gasteiger partial charge >= 0.3 is 0 Å². The summed E-state index contributed by atoms with van der Waals surface area (Å²) in [6.07, 6.45) is 0. The van der Waals surface area contributed by atoms with Crippen molar-refractivity contribution >= 4 is 64.3 Å². The van der Waals surface area contributed by atoms with E-state index < -0.39 is 0 Å². The van der Waals surface area contributed by atoms with E-state index in [1.807, 2.05) is 12.1 Å². The fraction of sp³-hybridized carbons (Fsp3) is 0. The van der Waals surface area contributed by atoms with E-state index in [1.54, 1.807) is 0 Å². The molecule has 0 N–H and O–H groups in total. The maximum Gasteiger partial charge on any atom is 0.179 e. The molecule has 0 atom stereocenters. The molecule has 0 aliphatic heterocycles. The summed E-state index contributed by atoms with van der Waals surface area (Å²) >= 11 is 2.90. The summed E-state index contributed by atoms with van der Waals surface area (Å²) in [6.45, 7) is 0. The molecule has 0 bridgehead atoms. The number of benzene rings is 7. The quantitative estimate of drug-likeness (QED) is 0.182. The highest BCUT2D eigenvalue weighted by Gasteiger charge is 2.17. The summed E-state index contributed by atoms with van der Waals surface area (Å²) in [5.41, 5.74) is 11.7. The molecule has 2 aromatic heterocycles. The Hall–Kier alpha value is -5.84. The predicted octanol–water partition coefficient (Wildman–Crippen LogP) is 9.88. The van der Waals surface area contributed by atoms with Crippen molar-refractivity contribution in [2.24, 2.45) is 0 Å². The Morgan fingerprint density at radius 3 is 1.62 bits per heavy atom. The van der Waals surface area contributed by atoms with E-state index in [0.717, 1.165) is 49.0 Å². The smallest absolute Gasteiger partial charge is 0.179 e. The molecule has 0 saturated heterocycles. The van der Waals surface area contributed by atoms with Crippen molar-refractivity contribution in [1.29, 1.82) is 5.26 Å². The number of hydrogen-bond donors (Lipinski definition) is 0. The monoisotopic (exact) mass is 611 g/mol. The number of aromatic nitrogens is 2. The van der Waals surface area contributed by atoms with Crippen LogP contribution in [0.3, 0.4) is 0 Å². The van der Waals surface area contributed by atoms with Gasteiger partial charge in [-0.15, -0.1) is 4.43 Å². The molecule has 2 radical (unpaired) electrons. The Morgan fingerprint density at radius 2 is 0.979 bits per heavy atom. The first-order valence-corrected chi connectivity index (χ1v) is 16.3. The van der Waals surface area contributed by atoms with Crippen molar-refractivity contribution in [2.45, 2.75) is 0 Å². The molecule has 0 saturated carbocycles. The summed E-state index contributed by atoms with van der Waals surface area (Å²) in [5, 5.41) is 15.0. The maximum absolute atomic E-state index is 10.2. The molecule has 47 heavy (non-hydrogen) atoms. The van der Waals surface area contributed by atoms with Crippen LogP contribution >= 0.6 is 0 Å². The molecular formula is C43H26AlN3. The van der Waals surface area contributed by atoms with Crippen LogP contribution in [0.2, 0.25) is 0 Å². The van der Waals surface area contributed by atoms with Gasteiger partial charge in [0, 0.05) is 32.9 Å². The van der Waals surface area contributed by atoms with E-state index in [-0.39, 0.29) is 0 Å². The number of nitrogens with zero attached hydrogens (tertiary/aromatic N) is 3. The lowest BCUT2D eigenvalue weighted by atomic mass is 9.99. The van der Waals surface area contributed by atoms with Gasteiger partial charge in [0.1, 0.15) is 0 Å². The highest BCUT2D eigenvalue weighted by Crippen LogP contribution is 2.38. The molecule has 0 aliphatic rings. The van der Waals surface area contributed by atoms with Crippen molar-refractivity contribution < 1.29 is 0 Å². The van der Waals surface area contributed by atoms with Crippen molar-refractivity contribution in [3.05, 3.63) is 163 Å². The van der Waals surface area contributed by atoms with Gasteiger partial charge in [0.05, 0.1) is 33.7 Å². The van der Waals surface area contributed by atoms with Gasteiger partial charge in [0.15, 0.2) is 16.3 Å². The van der Waals surface area contributed by atoms with Crippen molar-refractivity contribution in [2.75, 3.05) is 0 Å². The van der Waals surface area contributed by atoms with E-state index in [4.69, 9.17) is 0 Å². The summed E-state index contributed by atoms with van der Waals surface area (Å²) in [4.78, 5) is 0. The van der Waals surface area contributed by atoms with Crippen LogP contribution in [0.5, 0.6) is 0 Å². The zero-order valence-corrected chi connectivity index (χ0v) is 26.6. The second-order valence-corrected chi connectivity index (χ2v) is 12.6. The van der Waals surface area contributed by atoms with Crippen LogP contribution in [0, 0.1) is 11.3 Å². The molecule has 0 aliphatic carbocycles. The van der Waals surface area contributed by atoms with Crippen molar-refractivity contribution in [3.63, 3.8) is 0 Å². The molecule has 7 aromatic carbocycles. The zero-order chi connectivity index (χ0) is 31.5. The third-order valence-electron chi connectivity index (χ3n) is 9.27. The average molecular weight is 612 g/mol. The van der Waals surface area contributed by atoms with Crippen LogP contribution in [-0.4, -0.2) is 25.4 Å². The summed E-state index contributed by atoms with van der Waals surface area (Å²) in [5.74, 6) is 0. The molecule has 0 fully saturated rings. The molecular weight excluding hydrogens is 585 g/mol. The normalized spacial score (nSPS) is 11.5. The largest absolute Gasteiger partial charge is 0.311 e. The topological polar surface area (TPSA) is 33.6 Å². The summed E-state index contributed by atoms with van der Waals surface area (Å²) in [6, 6.07) is 58.1. The average Bonchev–Trinajstić information content (AvgIpc) is 3.64. The first-order valence-electron chi connectivity index (χ1n) is 15.7. The Labute approximate surface area is 280 Å². The summed E-state index contributed by atoms with van der Waals surface area (Å²) in [7, 11) is 0. The molecule has 0 amide bonds. The van der Waals surface area contributed by atoms with Gasteiger partial charge in [-0.3, -0.25) is 0 Å². The van der Waals surface area contributed by atoms with Gasteiger partial charge in [-0.25, -0.2) is 0 Å². The fourth-order valence-electron chi connectivity index (χ4n) is 7.14. The van der Waals surface area contributed by atoms with Crippen molar-refractivity contribution in [1.82, 2.24) is 9.13 Å². The number of para-hydroxylation sites is 3. The van der Waals surface area contributed by atoms with E-state index in [9.17, 15) is 5.26 Å². The first kappa shape index (κ1) is 27.5. The lowest BCUT2D eigenvalue weighted by Crippen LogP contribution is -2.11. The minimum Gasteiger partial charge on any atom is -0.311 e. The highest BCUT2D eigenvalue weighted by atomic mass is 27.0. The Morgan fingerprint density at radius 1 is 0.426 bits per heavy atom. The highest BCUT2D eigenvalue weighted by molar-refractivity contribution is 6.35. The molecule has 0 unspecified atom stereocenters. The molecule has 9 rings (SSSR count). The Balaban J connectivity index is 1.30. The minimum atomic E-state index is 0.630. The van der Waals surface area contributed by atoms with Crippen molar-refractivity contribution in [3.8, 4) is 39.7 Å². The maximum atomic E-state index is 10.2. The first-order chi connectivity index (χ1) is 23.2. The minimum absolute atomic E-state index is 0.630. The molecule has 4 heteroatoms. The number of rotatable bonds is 4. The number of nitriles is 1. The Kier molecular flexibility index (Phi) is 6.37. The van der Waals surface area contributed by atoms with E-state index in [0.29, 0.717) is 5.56 Å². The van der Waals surface area contributed by atoms with Gasteiger partial charge in [0.2, 0.25) is 0 Å². The van der Waals surface area contributed by atoms with Crippen LogP contribution in [0.15, 0.2) is 158 Å². The molecule has 216 valence electrons. The van der Waals surface area contributed by atoms with Crippen LogP contribution in [-0.2, 0) is 0 Å². The number of hydrogen-bond acceptors (Lipinski definition) is 1. The van der Waals surface area contributed by atoms with E-state index in [1.165, 1.54) is 32.7 Å². The van der Waals surface area contributed by atoms with Crippen LogP contribution < -0.4 is 4.43 Å². The van der Waals surface area contributed by atoms with Gasteiger partial charge in [-0.1, -0.05) is 97.1 Å². The lowest BCUT2D eigenvalue weighted by molar-refractivity contribution is 1.18.